The Morgan fingerprint density at radius 2 is 0.705 bits per heavy atom. The van der Waals surface area contributed by atoms with Crippen LogP contribution in [-0.4, -0.2) is 24.9 Å². The summed E-state index contributed by atoms with van der Waals surface area (Å²) in [6, 6.07) is 17.3. The maximum absolute atomic E-state index is 15.9. The largest absolute Gasteiger partial charge is 0.460 e. The van der Waals surface area contributed by atoms with Gasteiger partial charge in [0.25, 0.3) is 11.8 Å². The Balaban J connectivity index is 1.25. The smallest absolute Gasteiger partial charge is 0.262 e. The van der Waals surface area contributed by atoms with Crippen LogP contribution in [0, 0.1) is 11.8 Å². The Labute approximate surface area is 545 Å². The van der Waals surface area contributed by atoms with Crippen molar-refractivity contribution < 1.29 is 18.4 Å². The van der Waals surface area contributed by atoms with Gasteiger partial charge in [-0.05, 0) is 91.5 Å². The average Bonchev–Trinajstić information content (AvgIpc) is 1.59. The predicted molar refractivity (Wildman–Crippen MR) is 383 cm³/mol. The van der Waals surface area contributed by atoms with Crippen molar-refractivity contribution in [2.24, 2.45) is 11.8 Å². The number of carbonyl (C=O) groups is 2. The number of nitrogens with zero attached hydrogens (tertiary/aromatic N) is 2. The van der Waals surface area contributed by atoms with E-state index in [-0.39, 0.29) is 22.6 Å². The molecule has 2 atom stereocenters. The van der Waals surface area contributed by atoms with Crippen molar-refractivity contribution in [1.82, 2.24) is 0 Å². The van der Waals surface area contributed by atoms with Crippen LogP contribution in [0.2, 0.25) is 0 Å². The van der Waals surface area contributed by atoms with Gasteiger partial charge in [0.15, 0.2) is 0 Å². The maximum Gasteiger partial charge on any atom is 0.262 e. The molecule has 7 rings (SSSR count). The zero-order chi connectivity index (χ0) is 62.7. The molecule has 2 aliphatic rings. The summed E-state index contributed by atoms with van der Waals surface area (Å²) in [5.74, 6) is 3.69. The van der Waals surface area contributed by atoms with Gasteiger partial charge in [0.2, 0.25) is 0 Å². The lowest BCUT2D eigenvalue weighted by Crippen LogP contribution is -2.35. The lowest BCUT2D eigenvalue weighted by Gasteiger charge is -2.27. The van der Waals surface area contributed by atoms with Gasteiger partial charge in [-0.25, -0.2) is 0 Å². The second kappa shape index (κ2) is 37.6. The monoisotopic (exact) mass is 1240 g/mol. The van der Waals surface area contributed by atoms with Crippen LogP contribution >= 0.6 is 22.7 Å². The SMILES string of the molecule is CCCCCCCCCCCCC(CCCCCCCCCC)CN1C(=O)C(c2ccc(-c3cc4sc(C(C)(C)C)cc4s3)o2)=c2cc3c(cc21)=C(c1ccc(C(C)(C)C)o1)C(=O)N3CC(CCCCCCCCCC)CCCCCCCCCCCC. The van der Waals surface area contributed by atoms with E-state index in [2.05, 4.69) is 115 Å². The van der Waals surface area contributed by atoms with E-state index < -0.39 is 0 Å². The van der Waals surface area contributed by atoms with Crippen LogP contribution in [0.15, 0.2) is 57.4 Å². The van der Waals surface area contributed by atoms with Crippen LogP contribution < -0.4 is 20.2 Å². The summed E-state index contributed by atoms with van der Waals surface area (Å²) in [6.07, 6.45) is 51.5. The fourth-order valence-electron chi connectivity index (χ4n) is 13.9. The molecule has 0 saturated carbocycles. The van der Waals surface area contributed by atoms with Gasteiger partial charge >= 0.3 is 0 Å². The van der Waals surface area contributed by atoms with Crippen LogP contribution in [0.3, 0.4) is 0 Å². The minimum atomic E-state index is -0.224. The van der Waals surface area contributed by atoms with Crippen LogP contribution in [0.1, 0.15) is 348 Å². The summed E-state index contributed by atoms with van der Waals surface area (Å²) in [4.78, 5) is 38.3. The molecular formula is C80H124N2O4S2. The molecule has 0 spiro atoms. The maximum atomic E-state index is 15.9. The van der Waals surface area contributed by atoms with Crippen molar-refractivity contribution in [3.63, 3.8) is 0 Å². The second-order valence-corrected chi connectivity index (χ2v) is 31.6. The van der Waals surface area contributed by atoms with Gasteiger partial charge < -0.3 is 18.6 Å². The summed E-state index contributed by atoms with van der Waals surface area (Å²) in [7, 11) is 0. The Kier molecular flexibility index (Phi) is 30.6. The van der Waals surface area contributed by atoms with Gasteiger partial charge in [0.05, 0.1) is 27.4 Å². The highest BCUT2D eigenvalue weighted by molar-refractivity contribution is 7.29. The molecule has 0 radical (unpaired) electrons. The number of unbranched alkanes of at least 4 members (excludes halogenated alkanes) is 32. The van der Waals surface area contributed by atoms with Gasteiger partial charge in [0.1, 0.15) is 23.0 Å². The van der Waals surface area contributed by atoms with E-state index in [9.17, 15) is 0 Å². The van der Waals surface area contributed by atoms with Crippen LogP contribution in [-0.2, 0) is 20.4 Å². The van der Waals surface area contributed by atoms with Crippen molar-refractivity contribution in [2.45, 2.75) is 337 Å². The second-order valence-electron chi connectivity index (χ2n) is 29.4. The van der Waals surface area contributed by atoms with E-state index >= 15 is 9.59 Å². The lowest BCUT2D eigenvalue weighted by atomic mass is 9.93. The molecule has 88 heavy (non-hydrogen) atoms. The summed E-state index contributed by atoms with van der Waals surface area (Å²) in [6.45, 7) is 23.9. The number of hydrogen-bond acceptors (Lipinski definition) is 6. The van der Waals surface area contributed by atoms with Crippen molar-refractivity contribution in [3.05, 3.63) is 81.1 Å². The number of carbonyl (C=O) groups excluding carboxylic acids is 2. The molecule has 0 bridgehead atoms. The molecule has 5 aromatic rings. The molecule has 0 fully saturated rings. The first-order chi connectivity index (χ1) is 42.7. The number of furan rings is 2. The van der Waals surface area contributed by atoms with E-state index in [1.807, 2.05) is 23.5 Å². The molecule has 0 saturated heterocycles. The molecule has 6 heterocycles. The molecular weight excluding hydrogens is 1120 g/mol. The van der Waals surface area contributed by atoms with Crippen LogP contribution in [0.5, 0.6) is 0 Å². The Hall–Kier alpha value is -3.88. The van der Waals surface area contributed by atoms with Crippen molar-refractivity contribution in [1.29, 1.82) is 0 Å². The van der Waals surface area contributed by atoms with Crippen LogP contribution in [0.4, 0.5) is 11.4 Å². The molecule has 2 unspecified atom stereocenters. The van der Waals surface area contributed by atoms with E-state index in [4.69, 9.17) is 8.83 Å². The zero-order valence-electron chi connectivity index (χ0n) is 57.8. The van der Waals surface area contributed by atoms with Crippen molar-refractivity contribution in [3.8, 4) is 10.6 Å². The number of thiophene rings is 2. The normalized spacial score (nSPS) is 14.4. The van der Waals surface area contributed by atoms with E-state index in [1.54, 1.807) is 11.3 Å². The standard InChI is InChI=1S/C80H124N2O4S2/c1-11-15-19-23-27-31-33-37-41-45-49-61(47-43-39-35-29-25-21-17-13-3)59-81-65-56-64-66(55-63(65)75(77(81)83)68-52-51-67(85-68)70-57-71-72(87-70)58-74(88-71)80(8,9)10)82(78(84)76(64)69-53-54-73(86-69)79(5,6)7)60-62(48-44-40-36-30-26-22-18-14-4)50-46-42-38-34-32-28-24-20-16-12-2/h51-58,61-62H,11-50,59-60H2,1-10H3. The highest BCUT2D eigenvalue weighted by Gasteiger charge is 2.39. The summed E-state index contributed by atoms with van der Waals surface area (Å²) in [5.41, 5.74) is 2.93. The highest BCUT2D eigenvalue weighted by atomic mass is 32.1. The predicted octanol–water partition coefficient (Wildman–Crippen LogP) is 24.4. The van der Waals surface area contributed by atoms with Gasteiger partial charge in [-0.2, -0.15) is 0 Å². The molecule has 2 amide bonds. The molecule has 1 aromatic carbocycles. The van der Waals surface area contributed by atoms with Crippen molar-refractivity contribution in [2.75, 3.05) is 22.9 Å². The molecule has 8 heteroatoms. The first-order valence-corrected chi connectivity index (χ1v) is 38.6. The van der Waals surface area contributed by atoms with Crippen molar-refractivity contribution >= 4 is 66.4 Å². The Bertz CT molecular complexity index is 2920. The molecule has 0 aliphatic carbocycles. The summed E-state index contributed by atoms with van der Waals surface area (Å²) >= 11 is 3.65. The average molecular weight is 1240 g/mol. The summed E-state index contributed by atoms with van der Waals surface area (Å²) in [5, 5.41) is 1.78. The quantitative estimate of drug-likeness (QED) is 0.0364. The van der Waals surface area contributed by atoms with Gasteiger partial charge in [-0.1, -0.05) is 300 Å². The van der Waals surface area contributed by atoms with Gasteiger partial charge in [-0.3, -0.25) is 9.59 Å². The number of benzene rings is 1. The first kappa shape index (κ1) is 71.6. The summed E-state index contributed by atoms with van der Waals surface area (Å²) < 4.78 is 16.3. The fourth-order valence-corrected chi connectivity index (χ4v) is 16.3. The molecule has 6 nitrogen and oxygen atoms in total. The number of amides is 2. The molecule has 0 N–H and O–H groups in total. The number of hydrogen-bond donors (Lipinski definition) is 0. The first-order valence-electron chi connectivity index (χ1n) is 37.0. The fraction of sp³-hybridized carbons (Fsp3) is 0.700. The number of rotatable bonds is 47. The zero-order valence-corrected chi connectivity index (χ0v) is 59.4. The minimum absolute atomic E-state index is 0.0199. The molecule has 2 aliphatic heterocycles. The number of fused-ring (bicyclic) bond motifs is 3. The van der Waals surface area contributed by atoms with E-state index in [1.165, 1.54) is 245 Å². The molecule has 490 valence electrons. The lowest BCUT2D eigenvalue weighted by molar-refractivity contribution is -0.114. The van der Waals surface area contributed by atoms with Gasteiger partial charge in [0, 0.05) is 43.2 Å². The van der Waals surface area contributed by atoms with E-state index in [0.717, 1.165) is 63.9 Å². The topological polar surface area (TPSA) is 66.9 Å². The Morgan fingerprint density at radius 3 is 1.05 bits per heavy atom. The third kappa shape index (κ3) is 21.6. The Morgan fingerprint density at radius 1 is 0.375 bits per heavy atom. The highest BCUT2D eigenvalue weighted by Crippen LogP contribution is 2.43. The van der Waals surface area contributed by atoms with Crippen LogP contribution in [0.25, 0.3) is 31.2 Å². The minimum Gasteiger partial charge on any atom is -0.460 e. The van der Waals surface area contributed by atoms with E-state index in [0.29, 0.717) is 47.6 Å². The number of anilines is 2. The molecule has 4 aromatic heterocycles. The third-order valence-electron chi connectivity index (χ3n) is 19.5. The third-order valence-corrected chi connectivity index (χ3v) is 22.3. The van der Waals surface area contributed by atoms with Gasteiger partial charge in [-0.15, -0.1) is 22.7 Å².